The molecule has 0 unspecified atom stereocenters. The number of nitrogens with zero attached hydrogens (tertiary/aromatic N) is 1. The maximum absolute atomic E-state index is 13.8. The van der Waals surface area contributed by atoms with E-state index in [2.05, 4.69) is 4.98 Å². The molecule has 0 aliphatic carbocycles. The molecule has 0 saturated heterocycles. The quantitative estimate of drug-likeness (QED) is 0.500. The molecule has 1 aromatic heterocycles. The minimum absolute atomic E-state index is 0.179. The molecular weight excluding hydrogens is 307 g/mol. The predicted molar refractivity (Wildman–Crippen MR) is 69.7 cm³/mol. The van der Waals surface area contributed by atoms with Gasteiger partial charge < -0.3 is 0 Å². The summed E-state index contributed by atoms with van der Waals surface area (Å²) < 4.78 is 13.8. The van der Waals surface area contributed by atoms with E-state index >= 15 is 0 Å². The topological polar surface area (TPSA) is 12.9 Å². The zero-order valence-corrected chi connectivity index (χ0v) is 11.2. The second-order valence-corrected chi connectivity index (χ2v) is 4.71. The maximum atomic E-state index is 13.8. The molecule has 0 spiro atoms. The van der Waals surface area contributed by atoms with Gasteiger partial charge in [0.1, 0.15) is 0 Å². The van der Waals surface area contributed by atoms with Gasteiger partial charge in [-0.3, -0.25) is 0 Å². The van der Waals surface area contributed by atoms with Gasteiger partial charge >= 0.3 is 0 Å². The average Bonchev–Trinajstić information content (AvgIpc) is 2.31. The summed E-state index contributed by atoms with van der Waals surface area (Å²) in [6.45, 7) is 0. The highest BCUT2D eigenvalue weighted by atomic mass is 35.5. The number of rotatable bonds is 1. The Morgan fingerprint density at radius 3 is 2.29 bits per heavy atom. The van der Waals surface area contributed by atoms with Crippen LogP contribution in [0.25, 0.3) is 11.1 Å². The lowest BCUT2D eigenvalue weighted by Crippen LogP contribution is -1.89. The van der Waals surface area contributed by atoms with E-state index in [4.69, 9.17) is 46.4 Å². The van der Waals surface area contributed by atoms with Crippen LogP contribution in [0, 0.1) is 5.82 Å². The molecule has 0 radical (unpaired) electrons. The summed E-state index contributed by atoms with van der Waals surface area (Å²) in [7, 11) is 0. The highest BCUT2D eigenvalue weighted by molar-refractivity contribution is 6.49. The molecule has 2 rings (SSSR count). The largest absolute Gasteiger partial charge is 0.242 e. The van der Waals surface area contributed by atoms with E-state index in [9.17, 15) is 4.39 Å². The summed E-state index contributed by atoms with van der Waals surface area (Å²) in [6.07, 6.45) is 1.39. The maximum Gasteiger partial charge on any atom is 0.168 e. The molecule has 0 atom stereocenters. The number of hydrogen-bond donors (Lipinski definition) is 0. The van der Waals surface area contributed by atoms with Gasteiger partial charge in [-0.05, 0) is 12.1 Å². The molecule has 0 aliphatic heterocycles. The van der Waals surface area contributed by atoms with Crippen molar-refractivity contribution in [3.63, 3.8) is 0 Å². The van der Waals surface area contributed by atoms with Crippen LogP contribution in [0.2, 0.25) is 20.2 Å². The Morgan fingerprint density at radius 1 is 0.882 bits per heavy atom. The molecule has 0 saturated carbocycles. The van der Waals surface area contributed by atoms with Crippen molar-refractivity contribution in [3.05, 3.63) is 50.4 Å². The summed E-state index contributed by atoms with van der Waals surface area (Å²) in [5.41, 5.74) is 0.649. The van der Waals surface area contributed by atoms with Gasteiger partial charge in [-0.2, -0.15) is 0 Å². The van der Waals surface area contributed by atoms with E-state index in [1.54, 1.807) is 12.1 Å². The lowest BCUT2D eigenvalue weighted by Gasteiger charge is -2.08. The fourth-order valence-corrected chi connectivity index (χ4v) is 2.16. The number of benzene rings is 1. The Kier molecular flexibility index (Phi) is 3.79. The fourth-order valence-electron chi connectivity index (χ4n) is 1.36. The highest BCUT2D eigenvalue weighted by Crippen LogP contribution is 2.39. The zero-order chi connectivity index (χ0) is 12.6. The summed E-state index contributed by atoms with van der Waals surface area (Å²) in [5.74, 6) is -0.644. The van der Waals surface area contributed by atoms with Crippen LogP contribution in [-0.2, 0) is 0 Å². The van der Waals surface area contributed by atoms with Crippen LogP contribution in [0.15, 0.2) is 24.4 Å². The minimum atomic E-state index is -0.644. The van der Waals surface area contributed by atoms with Crippen molar-refractivity contribution in [3.8, 4) is 11.1 Å². The molecule has 2 aromatic rings. The molecule has 17 heavy (non-hydrogen) atoms. The third kappa shape index (κ3) is 2.36. The molecule has 1 aromatic carbocycles. The minimum Gasteiger partial charge on any atom is -0.242 e. The van der Waals surface area contributed by atoms with Crippen molar-refractivity contribution in [2.24, 2.45) is 0 Å². The molecule has 1 heterocycles. The Bertz CT molecular complexity index is 586. The van der Waals surface area contributed by atoms with E-state index in [1.165, 1.54) is 12.3 Å². The Balaban J connectivity index is 2.69. The Hall–Kier alpha value is -0.540. The molecule has 0 amide bonds. The molecule has 88 valence electrons. The monoisotopic (exact) mass is 309 g/mol. The normalized spacial score (nSPS) is 10.6. The first-order chi connectivity index (χ1) is 8.02. The van der Waals surface area contributed by atoms with Crippen LogP contribution in [0.5, 0.6) is 0 Å². The van der Waals surface area contributed by atoms with Crippen molar-refractivity contribution in [1.82, 2.24) is 4.98 Å². The van der Waals surface area contributed by atoms with Crippen LogP contribution < -0.4 is 0 Å². The van der Waals surface area contributed by atoms with Gasteiger partial charge in [0.2, 0.25) is 0 Å². The number of aromatic nitrogens is 1. The second kappa shape index (κ2) is 4.99. The van der Waals surface area contributed by atoms with E-state index in [0.717, 1.165) is 0 Å². The Morgan fingerprint density at radius 2 is 1.59 bits per heavy atom. The van der Waals surface area contributed by atoms with Crippen LogP contribution in [-0.4, -0.2) is 4.98 Å². The first-order valence-electron chi connectivity index (χ1n) is 4.46. The number of halogens is 5. The van der Waals surface area contributed by atoms with Crippen molar-refractivity contribution < 1.29 is 4.39 Å². The average molecular weight is 311 g/mol. The summed E-state index contributed by atoms with van der Waals surface area (Å²) in [5, 5.41) is 0.448. The van der Waals surface area contributed by atoms with E-state index in [1.807, 2.05) is 0 Å². The molecule has 0 bridgehead atoms. The van der Waals surface area contributed by atoms with E-state index < -0.39 is 5.82 Å². The number of pyridine rings is 1. The van der Waals surface area contributed by atoms with Gasteiger partial charge in [-0.15, -0.1) is 0 Å². The lowest BCUT2D eigenvalue weighted by atomic mass is 10.1. The summed E-state index contributed by atoms with van der Waals surface area (Å²) in [4.78, 5) is 3.62. The second-order valence-electron chi connectivity index (χ2n) is 3.19. The first-order valence-corrected chi connectivity index (χ1v) is 5.97. The molecule has 6 heteroatoms. The summed E-state index contributed by atoms with van der Waals surface area (Å²) in [6, 6.07) is 4.58. The van der Waals surface area contributed by atoms with Crippen molar-refractivity contribution >= 4 is 46.4 Å². The van der Waals surface area contributed by atoms with Crippen molar-refractivity contribution in [2.75, 3.05) is 0 Å². The predicted octanol–water partition coefficient (Wildman–Crippen LogP) is 5.50. The van der Waals surface area contributed by atoms with Gasteiger partial charge in [0.05, 0.1) is 15.1 Å². The molecule has 1 nitrogen and oxygen atoms in total. The van der Waals surface area contributed by atoms with Crippen LogP contribution in [0.4, 0.5) is 4.39 Å². The van der Waals surface area contributed by atoms with Crippen molar-refractivity contribution in [1.29, 1.82) is 0 Å². The SMILES string of the molecule is Fc1c(-c2ccc(Cl)c(Cl)c2Cl)ccnc1Cl. The third-order valence-corrected chi connectivity index (χ3v) is 3.73. The standard InChI is InChI=1S/C11H4Cl4FN/c12-7-2-1-5(8(13)9(7)14)6-3-4-17-11(15)10(6)16/h1-4H. The fraction of sp³-hybridized carbons (Fsp3) is 0. The lowest BCUT2D eigenvalue weighted by molar-refractivity contribution is 0.625. The van der Waals surface area contributed by atoms with E-state index in [-0.39, 0.29) is 20.8 Å². The van der Waals surface area contributed by atoms with Gasteiger partial charge in [0, 0.05) is 17.3 Å². The highest BCUT2D eigenvalue weighted by Gasteiger charge is 2.15. The van der Waals surface area contributed by atoms with Crippen molar-refractivity contribution in [2.45, 2.75) is 0 Å². The smallest absolute Gasteiger partial charge is 0.168 e. The molecule has 0 aliphatic rings. The van der Waals surface area contributed by atoms with Gasteiger partial charge in [0.25, 0.3) is 0 Å². The van der Waals surface area contributed by atoms with Crippen LogP contribution in [0.3, 0.4) is 0 Å². The van der Waals surface area contributed by atoms with Crippen LogP contribution in [0.1, 0.15) is 0 Å². The molecule has 0 fully saturated rings. The third-order valence-electron chi connectivity index (χ3n) is 2.17. The van der Waals surface area contributed by atoms with Gasteiger partial charge in [0.15, 0.2) is 11.0 Å². The Labute approximate surface area is 117 Å². The molecular formula is C11H4Cl4FN. The number of hydrogen-bond acceptors (Lipinski definition) is 1. The van der Waals surface area contributed by atoms with Gasteiger partial charge in [-0.25, -0.2) is 9.37 Å². The zero-order valence-electron chi connectivity index (χ0n) is 8.15. The van der Waals surface area contributed by atoms with Gasteiger partial charge in [-0.1, -0.05) is 52.5 Å². The first kappa shape index (κ1) is 12.9. The van der Waals surface area contributed by atoms with E-state index in [0.29, 0.717) is 10.6 Å². The molecule has 0 N–H and O–H groups in total. The summed E-state index contributed by atoms with van der Waals surface area (Å²) >= 11 is 23.3. The van der Waals surface area contributed by atoms with Crippen LogP contribution >= 0.6 is 46.4 Å².